The molecule has 0 bridgehead atoms. The van der Waals surface area contributed by atoms with Crippen LogP contribution in [0.1, 0.15) is 5.56 Å². The van der Waals surface area contributed by atoms with E-state index in [4.69, 9.17) is 4.74 Å². The molecular weight excluding hydrogens is 439 g/mol. The summed E-state index contributed by atoms with van der Waals surface area (Å²) in [6, 6.07) is 23.4. The third kappa shape index (κ3) is 5.40. The van der Waals surface area contributed by atoms with Crippen LogP contribution < -0.4 is 4.74 Å². The Balaban J connectivity index is 1.52. The maximum absolute atomic E-state index is 13.5. The maximum Gasteiger partial charge on any atom is 0.233 e. The number of halogens is 1. The van der Waals surface area contributed by atoms with Crippen molar-refractivity contribution in [2.45, 2.75) is 11.7 Å². The number of amides is 1. The zero-order valence-electron chi connectivity index (χ0n) is 18.3. The van der Waals surface area contributed by atoms with Crippen molar-refractivity contribution in [1.29, 1.82) is 0 Å². The van der Waals surface area contributed by atoms with E-state index < -0.39 is 0 Å². The topological polar surface area (TPSA) is 60.2 Å². The summed E-state index contributed by atoms with van der Waals surface area (Å²) in [5, 5.41) is 9.24. The summed E-state index contributed by atoms with van der Waals surface area (Å²) in [4.78, 5) is 14.5. The van der Waals surface area contributed by atoms with Crippen molar-refractivity contribution in [2.75, 3.05) is 19.9 Å². The molecule has 6 nitrogen and oxygen atoms in total. The zero-order chi connectivity index (χ0) is 23.2. The van der Waals surface area contributed by atoms with Crippen LogP contribution in [0.3, 0.4) is 0 Å². The predicted octanol–water partition coefficient (Wildman–Crippen LogP) is 4.83. The first kappa shape index (κ1) is 22.5. The molecule has 1 aromatic heterocycles. The van der Waals surface area contributed by atoms with Crippen molar-refractivity contribution in [3.63, 3.8) is 0 Å². The highest BCUT2D eigenvalue weighted by Crippen LogP contribution is 2.28. The van der Waals surface area contributed by atoms with Gasteiger partial charge in [-0.1, -0.05) is 54.2 Å². The lowest BCUT2D eigenvalue weighted by atomic mass is 10.2. The van der Waals surface area contributed by atoms with Gasteiger partial charge in [-0.15, -0.1) is 10.2 Å². The fourth-order valence-corrected chi connectivity index (χ4v) is 4.18. The van der Waals surface area contributed by atoms with Gasteiger partial charge < -0.3 is 9.64 Å². The Labute approximate surface area is 196 Å². The van der Waals surface area contributed by atoms with Gasteiger partial charge >= 0.3 is 0 Å². The van der Waals surface area contributed by atoms with E-state index in [1.54, 1.807) is 31.2 Å². The molecule has 3 aromatic carbocycles. The second-order valence-corrected chi connectivity index (χ2v) is 8.31. The number of nitrogens with zero attached hydrogens (tertiary/aromatic N) is 4. The molecule has 0 aliphatic heterocycles. The Morgan fingerprint density at radius 1 is 1.00 bits per heavy atom. The second-order valence-electron chi connectivity index (χ2n) is 7.37. The maximum atomic E-state index is 13.5. The smallest absolute Gasteiger partial charge is 0.233 e. The molecule has 33 heavy (non-hydrogen) atoms. The van der Waals surface area contributed by atoms with Gasteiger partial charge in [0.15, 0.2) is 11.0 Å². The van der Waals surface area contributed by atoms with Crippen molar-refractivity contribution in [1.82, 2.24) is 19.7 Å². The number of thioether (sulfide) groups is 1. The summed E-state index contributed by atoms with van der Waals surface area (Å²) in [5.41, 5.74) is 2.61. The summed E-state index contributed by atoms with van der Waals surface area (Å²) < 4.78 is 20.5. The van der Waals surface area contributed by atoms with Crippen LogP contribution in [0, 0.1) is 5.82 Å². The van der Waals surface area contributed by atoms with Gasteiger partial charge in [-0.2, -0.15) is 0 Å². The Hall–Kier alpha value is -3.65. The molecular formula is C25H23FN4O2S. The number of benzene rings is 3. The van der Waals surface area contributed by atoms with E-state index in [2.05, 4.69) is 10.2 Å². The standard InChI is InChI=1S/C25H23FN4O2S/c1-29(16-18-8-14-22(32-2)15-9-18)23(31)17-33-25-28-27-24(19-6-4-3-5-7-19)30(25)21-12-10-20(26)11-13-21/h3-15H,16-17H2,1-2H3. The lowest BCUT2D eigenvalue weighted by Gasteiger charge is -2.17. The molecule has 168 valence electrons. The minimum absolute atomic E-state index is 0.0364. The van der Waals surface area contributed by atoms with Crippen LogP contribution in [-0.2, 0) is 11.3 Å². The molecule has 0 N–H and O–H groups in total. The monoisotopic (exact) mass is 462 g/mol. The molecule has 0 atom stereocenters. The Morgan fingerprint density at radius 2 is 1.70 bits per heavy atom. The molecule has 0 fully saturated rings. The van der Waals surface area contributed by atoms with Crippen molar-refractivity contribution in [2.24, 2.45) is 0 Å². The van der Waals surface area contributed by atoms with Gasteiger partial charge in [0.1, 0.15) is 11.6 Å². The summed E-state index contributed by atoms with van der Waals surface area (Å²) in [7, 11) is 3.39. The van der Waals surface area contributed by atoms with Gasteiger partial charge in [0.05, 0.1) is 12.9 Å². The third-order valence-corrected chi connectivity index (χ3v) is 5.99. The van der Waals surface area contributed by atoms with E-state index in [1.165, 1.54) is 23.9 Å². The normalized spacial score (nSPS) is 10.8. The Morgan fingerprint density at radius 3 is 2.36 bits per heavy atom. The number of aromatic nitrogens is 3. The van der Waals surface area contributed by atoms with Crippen molar-refractivity contribution >= 4 is 17.7 Å². The fourth-order valence-electron chi connectivity index (χ4n) is 3.29. The number of ether oxygens (including phenoxy) is 1. The average Bonchev–Trinajstić information content (AvgIpc) is 3.28. The van der Waals surface area contributed by atoms with Gasteiger partial charge in [0.25, 0.3) is 0 Å². The largest absolute Gasteiger partial charge is 0.497 e. The number of hydrogen-bond acceptors (Lipinski definition) is 5. The van der Waals surface area contributed by atoms with Crippen LogP contribution in [0.4, 0.5) is 4.39 Å². The Bertz CT molecular complexity index is 1210. The average molecular weight is 463 g/mol. The molecule has 4 rings (SSSR count). The highest BCUT2D eigenvalue weighted by atomic mass is 32.2. The van der Waals surface area contributed by atoms with Gasteiger partial charge in [0.2, 0.25) is 5.91 Å². The fraction of sp³-hybridized carbons (Fsp3) is 0.160. The van der Waals surface area contributed by atoms with E-state index in [0.29, 0.717) is 17.5 Å². The summed E-state index contributed by atoms with van der Waals surface area (Å²) in [5.74, 6) is 1.24. The summed E-state index contributed by atoms with van der Waals surface area (Å²) >= 11 is 1.30. The second kappa shape index (κ2) is 10.3. The first-order valence-corrected chi connectivity index (χ1v) is 11.3. The van der Waals surface area contributed by atoms with E-state index >= 15 is 0 Å². The lowest BCUT2D eigenvalue weighted by Crippen LogP contribution is -2.27. The highest BCUT2D eigenvalue weighted by Gasteiger charge is 2.18. The van der Waals surface area contributed by atoms with Crippen molar-refractivity contribution in [3.8, 4) is 22.8 Å². The Kier molecular flexibility index (Phi) is 7.04. The minimum Gasteiger partial charge on any atom is -0.497 e. The predicted molar refractivity (Wildman–Crippen MR) is 127 cm³/mol. The molecule has 0 aliphatic rings. The van der Waals surface area contributed by atoms with Gasteiger partial charge in [-0.05, 0) is 42.0 Å². The van der Waals surface area contributed by atoms with Crippen molar-refractivity contribution in [3.05, 3.63) is 90.2 Å². The van der Waals surface area contributed by atoms with Crippen LogP contribution in [0.15, 0.2) is 84.0 Å². The number of rotatable bonds is 8. The first-order chi connectivity index (χ1) is 16.0. The molecule has 8 heteroatoms. The summed E-state index contributed by atoms with van der Waals surface area (Å²) in [6.45, 7) is 0.489. The zero-order valence-corrected chi connectivity index (χ0v) is 19.1. The van der Waals surface area contributed by atoms with E-state index in [-0.39, 0.29) is 17.5 Å². The van der Waals surface area contributed by atoms with Crippen LogP contribution >= 0.6 is 11.8 Å². The van der Waals surface area contributed by atoms with Crippen LogP contribution in [0.5, 0.6) is 5.75 Å². The van der Waals surface area contributed by atoms with Crippen molar-refractivity contribution < 1.29 is 13.9 Å². The lowest BCUT2D eigenvalue weighted by molar-refractivity contribution is -0.127. The van der Waals surface area contributed by atoms with Gasteiger partial charge in [-0.25, -0.2) is 4.39 Å². The molecule has 1 amide bonds. The molecule has 0 unspecified atom stereocenters. The molecule has 0 saturated carbocycles. The van der Waals surface area contributed by atoms with Gasteiger partial charge in [-0.3, -0.25) is 9.36 Å². The molecule has 0 aliphatic carbocycles. The molecule has 1 heterocycles. The van der Waals surface area contributed by atoms with Crippen LogP contribution in [0.25, 0.3) is 17.1 Å². The van der Waals surface area contributed by atoms with E-state index in [1.807, 2.05) is 59.2 Å². The minimum atomic E-state index is -0.322. The van der Waals surface area contributed by atoms with Crippen LogP contribution in [0.2, 0.25) is 0 Å². The number of carbonyl (C=O) groups is 1. The first-order valence-electron chi connectivity index (χ1n) is 10.3. The number of hydrogen-bond donors (Lipinski definition) is 0. The summed E-state index contributed by atoms with van der Waals surface area (Å²) in [6.07, 6.45) is 0. The third-order valence-electron chi connectivity index (χ3n) is 5.08. The number of carbonyl (C=O) groups excluding carboxylic acids is 1. The molecule has 4 aromatic rings. The van der Waals surface area contributed by atoms with Crippen LogP contribution in [-0.4, -0.2) is 45.5 Å². The molecule has 0 spiro atoms. The van der Waals surface area contributed by atoms with E-state index in [0.717, 1.165) is 22.6 Å². The van der Waals surface area contributed by atoms with E-state index in [9.17, 15) is 9.18 Å². The number of methoxy groups -OCH3 is 1. The highest BCUT2D eigenvalue weighted by molar-refractivity contribution is 7.99. The quantitative estimate of drug-likeness (QED) is 0.351. The molecule has 0 saturated heterocycles. The molecule has 0 radical (unpaired) electrons. The van der Waals surface area contributed by atoms with Gasteiger partial charge in [0, 0.05) is 24.8 Å². The SMILES string of the molecule is COc1ccc(CN(C)C(=O)CSc2nnc(-c3ccccc3)n2-c2ccc(F)cc2)cc1.